The largest absolute Gasteiger partial charge is 0.338 e. The zero-order chi connectivity index (χ0) is 17.8. The summed E-state index contributed by atoms with van der Waals surface area (Å²) < 4.78 is 1.45. The number of urea groups is 1. The smallest absolute Gasteiger partial charge is 0.317 e. The number of hydrogen-bond donors (Lipinski definition) is 1. The van der Waals surface area contributed by atoms with E-state index in [1.165, 1.54) is 10.8 Å². The van der Waals surface area contributed by atoms with Gasteiger partial charge in [0.2, 0.25) is 5.91 Å². The number of nitrogens with zero attached hydrogens (tertiary/aromatic N) is 4. The van der Waals surface area contributed by atoms with Crippen LogP contribution in [0.3, 0.4) is 0 Å². The van der Waals surface area contributed by atoms with E-state index in [0.29, 0.717) is 43.8 Å². The number of fused-ring (bicyclic) bond motifs is 1. The third-order valence-electron chi connectivity index (χ3n) is 4.29. The molecule has 25 heavy (non-hydrogen) atoms. The first-order valence-corrected chi connectivity index (χ1v) is 8.35. The van der Waals surface area contributed by atoms with Crippen LogP contribution in [0, 0.1) is 0 Å². The number of carbonyl (C=O) groups excluding carboxylic acids is 2. The fourth-order valence-corrected chi connectivity index (χ4v) is 2.94. The van der Waals surface area contributed by atoms with Crippen LogP contribution in [0.25, 0.3) is 11.0 Å². The molecule has 8 heteroatoms. The number of rotatable bonds is 3. The fourth-order valence-electron chi connectivity index (χ4n) is 2.94. The van der Waals surface area contributed by atoms with E-state index in [9.17, 15) is 14.4 Å². The Morgan fingerprint density at radius 3 is 2.52 bits per heavy atom. The standard InChI is InChI=1S/C17H21N5O3/c1-2-18-17(25)21-9-7-20(8-10-21)16(24)12-22-14-6-4-3-5-13(14)19-11-15(22)23/h3-6,11H,2,7-10,12H2,1H3,(H,18,25). The topological polar surface area (TPSA) is 87.5 Å². The molecule has 8 nitrogen and oxygen atoms in total. The van der Waals surface area contributed by atoms with Gasteiger partial charge in [-0.1, -0.05) is 12.1 Å². The number of benzene rings is 1. The Kier molecular flexibility index (Phi) is 4.97. The molecule has 1 saturated heterocycles. The number of para-hydroxylation sites is 2. The van der Waals surface area contributed by atoms with E-state index in [4.69, 9.17) is 0 Å². The van der Waals surface area contributed by atoms with E-state index in [-0.39, 0.29) is 24.0 Å². The van der Waals surface area contributed by atoms with Gasteiger partial charge in [0.15, 0.2) is 0 Å². The van der Waals surface area contributed by atoms with Crippen molar-refractivity contribution in [3.63, 3.8) is 0 Å². The van der Waals surface area contributed by atoms with Crippen molar-refractivity contribution in [2.24, 2.45) is 0 Å². The Labute approximate surface area is 145 Å². The normalized spacial score (nSPS) is 14.6. The maximum absolute atomic E-state index is 12.6. The van der Waals surface area contributed by atoms with Gasteiger partial charge in [0.25, 0.3) is 5.56 Å². The van der Waals surface area contributed by atoms with Gasteiger partial charge in [0.1, 0.15) is 6.54 Å². The summed E-state index contributed by atoms with van der Waals surface area (Å²) in [6.07, 6.45) is 1.24. The van der Waals surface area contributed by atoms with Crippen molar-refractivity contribution >= 4 is 23.0 Å². The lowest BCUT2D eigenvalue weighted by atomic mass is 10.3. The number of aromatic nitrogens is 2. The van der Waals surface area contributed by atoms with Crippen LogP contribution >= 0.6 is 0 Å². The Balaban J connectivity index is 1.69. The molecule has 3 amide bonds. The summed E-state index contributed by atoms with van der Waals surface area (Å²) in [4.78, 5) is 44.0. The van der Waals surface area contributed by atoms with E-state index in [1.807, 2.05) is 19.1 Å². The molecule has 2 aromatic rings. The zero-order valence-electron chi connectivity index (χ0n) is 14.1. The summed E-state index contributed by atoms with van der Waals surface area (Å²) in [6, 6.07) is 7.14. The Morgan fingerprint density at radius 1 is 1.12 bits per heavy atom. The number of carbonyl (C=O) groups is 2. The first-order chi connectivity index (χ1) is 12.1. The second-order valence-electron chi connectivity index (χ2n) is 5.87. The summed E-state index contributed by atoms with van der Waals surface area (Å²) in [5, 5.41) is 2.76. The van der Waals surface area contributed by atoms with Gasteiger partial charge < -0.3 is 15.1 Å². The van der Waals surface area contributed by atoms with E-state index in [0.717, 1.165) is 0 Å². The van der Waals surface area contributed by atoms with Crippen LogP contribution in [0.15, 0.2) is 35.3 Å². The number of amides is 3. The molecule has 1 aliphatic heterocycles. The SMILES string of the molecule is CCNC(=O)N1CCN(C(=O)Cn2c(=O)cnc3ccccc32)CC1. The molecule has 0 atom stereocenters. The number of nitrogens with one attached hydrogen (secondary N) is 1. The maximum Gasteiger partial charge on any atom is 0.317 e. The lowest BCUT2D eigenvalue weighted by Gasteiger charge is -2.34. The molecule has 2 heterocycles. The molecule has 0 bridgehead atoms. The van der Waals surface area contributed by atoms with Crippen molar-refractivity contribution in [1.29, 1.82) is 0 Å². The molecule has 1 aliphatic rings. The Bertz CT molecular complexity index is 840. The van der Waals surface area contributed by atoms with E-state index < -0.39 is 0 Å². The minimum absolute atomic E-state index is 0.0248. The zero-order valence-corrected chi connectivity index (χ0v) is 14.1. The van der Waals surface area contributed by atoms with Crippen molar-refractivity contribution in [2.75, 3.05) is 32.7 Å². The van der Waals surface area contributed by atoms with Gasteiger partial charge in [-0.3, -0.25) is 14.2 Å². The highest BCUT2D eigenvalue weighted by molar-refractivity contribution is 5.80. The van der Waals surface area contributed by atoms with Gasteiger partial charge >= 0.3 is 6.03 Å². The summed E-state index contributed by atoms with van der Waals surface area (Å²) in [5.74, 6) is -0.131. The van der Waals surface area contributed by atoms with Crippen LogP contribution in [0.1, 0.15) is 6.92 Å². The molecule has 0 saturated carbocycles. The molecule has 1 aromatic carbocycles. The second kappa shape index (κ2) is 7.33. The average Bonchev–Trinajstić information content (AvgIpc) is 2.64. The van der Waals surface area contributed by atoms with Crippen molar-refractivity contribution in [3.05, 3.63) is 40.8 Å². The summed E-state index contributed by atoms with van der Waals surface area (Å²) in [6.45, 7) is 4.34. The van der Waals surface area contributed by atoms with E-state index in [2.05, 4.69) is 10.3 Å². The van der Waals surface area contributed by atoms with Crippen molar-refractivity contribution in [1.82, 2.24) is 24.7 Å². The molecular weight excluding hydrogens is 322 g/mol. The van der Waals surface area contributed by atoms with Gasteiger partial charge in [-0.25, -0.2) is 9.78 Å². The summed E-state index contributed by atoms with van der Waals surface area (Å²) in [7, 11) is 0. The van der Waals surface area contributed by atoms with E-state index in [1.54, 1.807) is 21.9 Å². The third-order valence-corrected chi connectivity index (χ3v) is 4.29. The van der Waals surface area contributed by atoms with Crippen molar-refractivity contribution in [3.8, 4) is 0 Å². The molecule has 1 aromatic heterocycles. The highest BCUT2D eigenvalue weighted by Gasteiger charge is 2.24. The van der Waals surface area contributed by atoms with Gasteiger partial charge in [-0.2, -0.15) is 0 Å². The molecule has 0 radical (unpaired) electrons. The van der Waals surface area contributed by atoms with E-state index >= 15 is 0 Å². The first-order valence-electron chi connectivity index (χ1n) is 8.35. The van der Waals surface area contributed by atoms with Crippen LogP contribution < -0.4 is 10.9 Å². The minimum Gasteiger partial charge on any atom is -0.338 e. The van der Waals surface area contributed by atoms with Crippen LogP contribution in [0.4, 0.5) is 4.79 Å². The highest BCUT2D eigenvalue weighted by atomic mass is 16.2. The average molecular weight is 343 g/mol. The van der Waals surface area contributed by atoms with Crippen LogP contribution in [-0.4, -0.2) is 64.0 Å². The van der Waals surface area contributed by atoms with Crippen molar-refractivity contribution in [2.45, 2.75) is 13.5 Å². The highest BCUT2D eigenvalue weighted by Crippen LogP contribution is 2.09. The Morgan fingerprint density at radius 2 is 1.80 bits per heavy atom. The summed E-state index contributed by atoms with van der Waals surface area (Å²) in [5.41, 5.74) is 1.02. The van der Waals surface area contributed by atoms with Crippen LogP contribution in [0.2, 0.25) is 0 Å². The molecular formula is C17H21N5O3. The van der Waals surface area contributed by atoms with Crippen LogP contribution in [0.5, 0.6) is 0 Å². The monoisotopic (exact) mass is 343 g/mol. The number of piperazine rings is 1. The van der Waals surface area contributed by atoms with Gasteiger partial charge in [0, 0.05) is 32.7 Å². The number of hydrogen-bond acceptors (Lipinski definition) is 4. The predicted octanol–water partition coefficient (Wildman–Crippen LogP) is 0.270. The predicted molar refractivity (Wildman–Crippen MR) is 93.2 cm³/mol. The second-order valence-corrected chi connectivity index (χ2v) is 5.87. The lowest BCUT2D eigenvalue weighted by molar-refractivity contribution is -0.133. The molecule has 3 rings (SSSR count). The summed E-state index contributed by atoms with van der Waals surface area (Å²) >= 11 is 0. The van der Waals surface area contributed by atoms with Gasteiger partial charge in [0.05, 0.1) is 17.2 Å². The molecule has 0 aliphatic carbocycles. The molecule has 0 unspecified atom stereocenters. The maximum atomic E-state index is 12.6. The lowest BCUT2D eigenvalue weighted by Crippen LogP contribution is -2.53. The minimum atomic E-state index is -0.298. The molecule has 132 valence electrons. The van der Waals surface area contributed by atoms with Crippen molar-refractivity contribution < 1.29 is 9.59 Å². The third kappa shape index (κ3) is 3.62. The van der Waals surface area contributed by atoms with Gasteiger partial charge in [-0.05, 0) is 19.1 Å². The molecule has 1 N–H and O–H groups in total. The molecule has 0 spiro atoms. The molecule has 1 fully saturated rings. The van der Waals surface area contributed by atoms with Crippen LogP contribution in [-0.2, 0) is 11.3 Å². The Hall–Kier alpha value is -2.90. The van der Waals surface area contributed by atoms with Gasteiger partial charge in [-0.15, -0.1) is 0 Å². The fraction of sp³-hybridized carbons (Fsp3) is 0.412. The first kappa shape index (κ1) is 16.9. The quantitative estimate of drug-likeness (QED) is 0.867.